The van der Waals surface area contributed by atoms with Crippen LogP contribution in [-0.2, 0) is 0 Å². The van der Waals surface area contributed by atoms with Gasteiger partial charge in [-0.3, -0.25) is 0 Å². The van der Waals surface area contributed by atoms with Crippen LogP contribution in [0.2, 0.25) is 0 Å². The zero-order chi connectivity index (χ0) is 16.2. The maximum atomic E-state index is 4.57. The maximum Gasteiger partial charge on any atom is 0.163 e. The van der Waals surface area contributed by atoms with Crippen molar-refractivity contribution in [3.63, 3.8) is 0 Å². The Morgan fingerprint density at radius 2 is 1.08 bits per heavy atom. The van der Waals surface area contributed by atoms with Crippen molar-refractivity contribution in [3.8, 4) is 34.2 Å². The van der Waals surface area contributed by atoms with Crippen LogP contribution in [0.25, 0.3) is 34.2 Å². The summed E-state index contributed by atoms with van der Waals surface area (Å²) < 4.78 is 0. The monoisotopic (exact) mass is 312 g/mol. The quantitative estimate of drug-likeness (QED) is 0.578. The Hall–Kier alpha value is -3.54. The standard InChI is InChI=1S/C18H12N6/c1-2-5-13(6-3-1)17-22-12-23-18(24-17)15-8-4-7-14(9-15)16-20-10-19-11-21-16/h1-12H. The Balaban J connectivity index is 1.75. The topological polar surface area (TPSA) is 77.3 Å². The van der Waals surface area contributed by atoms with Gasteiger partial charge in [0.25, 0.3) is 0 Å². The molecular weight excluding hydrogens is 300 g/mol. The van der Waals surface area contributed by atoms with Crippen molar-refractivity contribution in [1.29, 1.82) is 0 Å². The van der Waals surface area contributed by atoms with Gasteiger partial charge in [-0.25, -0.2) is 29.9 Å². The van der Waals surface area contributed by atoms with Gasteiger partial charge in [0.2, 0.25) is 0 Å². The maximum absolute atomic E-state index is 4.57. The van der Waals surface area contributed by atoms with Gasteiger partial charge in [-0.1, -0.05) is 48.5 Å². The predicted molar refractivity (Wildman–Crippen MR) is 89.5 cm³/mol. The van der Waals surface area contributed by atoms with Crippen LogP contribution >= 0.6 is 0 Å². The molecule has 0 N–H and O–H groups in total. The molecule has 0 radical (unpaired) electrons. The van der Waals surface area contributed by atoms with Crippen molar-refractivity contribution in [2.75, 3.05) is 0 Å². The zero-order valence-corrected chi connectivity index (χ0v) is 12.6. The summed E-state index contributed by atoms with van der Waals surface area (Å²) in [5.41, 5.74) is 2.72. The second-order valence-electron chi connectivity index (χ2n) is 5.04. The average molecular weight is 312 g/mol. The number of nitrogens with zero attached hydrogens (tertiary/aromatic N) is 6. The summed E-state index contributed by atoms with van der Waals surface area (Å²) in [4.78, 5) is 25.3. The molecule has 0 aliphatic heterocycles. The van der Waals surface area contributed by atoms with Crippen molar-refractivity contribution in [1.82, 2.24) is 29.9 Å². The molecule has 0 spiro atoms. The molecule has 114 valence electrons. The van der Waals surface area contributed by atoms with Gasteiger partial charge in [-0.2, -0.15) is 0 Å². The van der Waals surface area contributed by atoms with Gasteiger partial charge in [0, 0.05) is 16.7 Å². The predicted octanol–water partition coefficient (Wildman–Crippen LogP) is 3.06. The Labute approximate surface area is 138 Å². The van der Waals surface area contributed by atoms with Crippen LogP contribution in [0.1, 0.15) is 0 Å². The van der Waals surface area contributed by atoms with E-state index in [9.17, 15) is 0 Å². The summed E-state index contributed by atoms with van der Waals surface area (Å²) >= 11 is 0. The molecule has 6 heteroatoms. The second-order valence-corrected chi connectivity index (χ2v) is 5.04. The van der Waals surface area contributed by atoms with Crippen LogP contribution in [0.15, 0.2) is 73.6 Å². The highest BCUT2D eigenvalue weighted by molar-refractivity contribution is 5.67. The number of rotatable bonds is 3. The largest absolute Gasteiger partial charge is 0.225 e. The van der Waals surface area contributed by atoms with Crippen molar-refractivity contribution in [2.45, 2.75) is 0 Å². The molecule has 0 saturated carbocycles. The van der Waals surface area contributed by atoms with E-state index in [2.05, 4.69) is 29.9 Å². The van der Waals surface area contributed by atoms with E-state index in [0.29, 0.717) is 17.5 Å². The van der Waals surface area contributed by atoms with Gasteiger partial charge in [0.15, 0.2) is 17.5 Å². The molecule has 0 unspecified atom stereocenters. The normalized spacial score (nSPS) is 10.5. The van der Waals surface area contributed by atoms with Crippen molar-refractivity contribution >= 4 is 0 Å². The lowest BCUT2D eigenvalue weighted by Gasteiger charge is -2.05. The molecule has 2 aromatic heterocycles. The highest BCUT2D eigenvalue weighted by Gasteiger charge is 2.08. The average Bonchev–Trinajstić information content (AvgIpc) is 2.70. The van der Waals surface area contributed by atoms with E-state index in [0.717, 1.165) is 16.7 Å². The molecular formula is C18H12N6. The Kier molecular flexibility index (Phi) is 3.69. The van der Waals surface area contributed by atoms with Crippen LogP contribution in [0, 0.1) is 0 Å². The fraction of sp³-hybridized carbons (Fsp3) is 0. The third kappa shape index (κ3) is 2.85. The smallest absolute Gasteiger partial charge is 0.163 e. The highest BCUT2D eigenvalue weighted by Crippen LogP contribution is 2.23. The molecule has 6 nitrogen and oxygen atoms in total. The first kappa shape index (κ1) is 14.1. The minimum atomic E-state index is 0.611. The van der Waals surface area contributed by atoms with Crippen molar-refractivity contribution in [2.24, 2.45) is 0 Å². The summed E-state index contributed by atoms with van der Waals surface area (Å²) in [6, 6.07) is 17.6. The van der Waals surface area contributed by atoms with E-state index in [1.165, 1.54) is 19.0 Å². The summed E-state index contributed by atoms with van der Waals surface area (Å²) in [5.74, 6) is 1.87. The molecule has 0 amide bonds. The SMILES string of the molecule is c1ccc(-c2ncnc(-c3cccc(-c4ncncn4)c3)n2)cc1. The molecule has 4 rings (SSSR count). The molecule has 0 bridgehead atoms. The Bertz CT molecular complexity index is 876. The first-order chi connectivity index (χ1) is 11.9. The molecule has 0 fully saturated rings. The lowest BCUT2D eigenvalue weighted by Crippen LogP contribution is -1.95. The van der Waals surface area contributed by atoms with E-state index in [1.807, 2.05) is 54.6 Å². The summed E-state index contributed by atoms with van der Waals surface area (Å²) in [6.45, 7) is 0. The third-order valence-electron chi connectivity index (χ3n) is 3.48. The fourth-order valence-electron chi connectivity index (χ4n) is 2.35. The summed E-state index contributed by atoms with van der Waals surface area (Å²) in [6.07, 6.45) is 4.48. The van der Waals surface area contributed by atoms with Crippen LogP contribution < -0.4 is 0 Å². The van der Waals surface area contributed by atoms with Gasteiger partial charge in [-0.05, 0) is 6.07 Å². The molecule has 0 atom stereocenters. The van der Waals surface area contributed by atoms with Gasteiger partial charge < -0.3 is 0 Å². The lowest BCUT2D eigenvalue weighted by atomic mass is 10.1. The van der Waals surface area contributed by atoms with Gasteiger partial charge in [0.1, 0.15) is 19.0 Å². The molecule has 0 aliphatic carbocycles. The Morgan fingerprint density at radius 3 is 1.83 bits per heavy atom. The van der Waals surface area contributed by atoms with E-state index >= 15 is 0 Å². The number of hydrogen-bond acceptors (Lipinski definition) is 6. The van der Waals surface area contributed by atoms with Crippen LogP contribution in [0.4, 0.5) is 0 Å². The first-order valence-electron chi connectivity index (χ1n) is 7.37. The van der Waals surface area contributed by atoms with E-state index in [1.54, 1.807) is 0 Å². The van der Waals surface area contributed by atoms with Crippen LogP contribution in [0.5, 0.6) is 0 Å². The Morgan fingerprint density at radius 1 is 0.500 bits per heavy atom. The minimum absolute atomic E-state index is 0.611. The van der Waals surface area contributed by atoms with Crippen molar-refractivity contribution in [3.05, 3.63) is 73.6 Å². The molecule has 0 aliphatic rings. The van der Waals surface area contributed by atoms with E-state index in [-0.39, 0.29) is 0 Å². The molecule has 2 heterocycles. The van der Waals surface area contributed by atoms with Gasteiger partial charge >= 0.3 is 0 Å². The molecule has 24 heavy (non-hydrogen) atoms. The lowest BCUT2D eigenvalue weighted by molar-refractivity contribution is 1.05. The number of aromatic nitrogens is 6. The summed E-state index contributed by atoms with van der Waals surface area (Å²) in [7, 11) is 0. The minimum Gasteiger partial charge on any atom is -0.225 e. The fourth-order valence-corrected chi connectivity index (χ4v) is 2.35. The zero-order valence-electron chi connectivity index (χ0n) is 12.6. The highest BCUT2D eigenvalue weighted by atomic mass is 15.0. The molecule has 0 saturated heterocycles. The van der Waals surface area contributed by atoms with Gasteiger partial charge in [0.05, 0.1) is 0 Å². The van der Waals surface area contributed by atoms with Crippen molar-refractivity contribution < 1.29 is 0 Å². The first-order valence-corrected chi connectivity index (χ1v) is 7.37. The van der Waals surface area contributed by atoms with Gasteiger partial charge in [-0.15, -0.1) is 0 Å². The van der Waals surface area contributed by atoms with Crippen LogP contribution in [0.3, 0.4) is 0 Å². The van der Waals surface area contributed by atoms with E-state index < -0.39 is 0 Å². The second kappa shape index (κ2) is 6.29. The summed E-state index contributed by atoms with van der Waals surface area (Å²) in [5, 5.41) is 0. The number of hydrogen-bond donors (Lipinski definition) is 0. The van der Waals surface area contributed by atoms with E-state index in [4.69, 9.17) is 0 Å². The third-order valence-corrected chi connectivity index (χ3v) is 3.48. The van der Waals surface area contributed by atoms with Crippen LogP contribution in [-0.4, -0.2) is 29.9 Å². The molecule has 4 aromatic rings. The number of benzene rings is 2. The molecule has 2 aromatic carbocycles.